The Morgan fingerprint density at radius 2 is 2.00 bits per heavy atom. The van der Waals surface area contributed by atoms with Gasteiger partial charge in [0.15, 0.2) is 0 Å². The van der Waals surface area contributed by atoms with Gasteiger partial charge in [-0.2, -0.15) is 13.2 Å². The maximum absolute atomic E-state index is 12.3. The zero-order valence-corrected chi connectivity index (χ0v) is 12.2. The first-order chi connectivity index (χ1) is 10.2. The van der Waals surface area contributed by atoms with Gasteiger partial charge in [-0.1, -0.05) is 19.1 Å². The number of amides is 2. The Labute approximate surface area is 125 Å². The molecule has 0 aromatic heterocycles. The van der Waals surface area contributed by atoms with Crippen LogP contribution in [-0.4, -0.2) is 31.8 Å². The number of carbonyl (C=O) groups is 2. The fraction of sp³-hybridized carbons (Fsp3) is 0.429. The van der Waals surface area contributed by atoms with Crippen molar-refractivity contribution in [2.45, 2.75) is 19.5 Å². The number of alkyl halides is 3. The predicted octanol–water partition coefficient (Wildman–Crippen LogP) is 2.72. The van der Waals surface area contributed by atoms with E-state index in [9.17, 15) is 22.8 Å². The van der Waals surface area contributed by atoms with Crippen molar-refractivity contribution in [2.24, 2.45) is 5.92 Å². The zero-order valence-electron chi connectivity index (χ0n) is 12.2. The topological polar surface area (TPSA) is 67.4 Å². The van der Waals surface area contributed by atoms with Gasteiger partial charge in [-0.05, 0) is 17.7 Å². The number of methoxy groups -OCH3 is 1. The molecule has 0 radical (unpaired) electrons. The van der Waals surface area contributed by atoms with Gasteiger partial charge < -0.3 is 15.4 Å². The van der Waals surface area contributed by atoms with E-state index < -0.39 is 30.5 Å². The third kappa shape index (κ3) is 6.47. The van der Waals surface area contributed by atoms with Crippen molar-refractivity contribution in [3.63, 3.8) is 0 Å². The molecule has 0 fully saturated rings. The second-order valence-corrected chi connectivity index (χ2v) is 4.75. The molecule has 5 nitrogen and oxygen atoms in total. The average molecular weight is 318 g/mol. The Kier molecular flexibility index (Phi) is 6.21. The maximum atomic E-state index is 12.3. The Hall–Kier alpha value is -2.25. The summed E-state index contributed by atoms with van der Waals surface area (Å²) >= 11 is 0. The monoisotopic (exact) mass is 318 g/mol. The molecule has 0 unspecified atom stereocenters. The highest BCUT2D eigenvalue weighted by Crippen LogP contribution is 2.22. The molecule has 1 aromatic rings. The Balaban J connectivity index is 2.54. The molecular formula is C14H17F3N2O3. The van der Waals surface area contributed by atoms with Crippen LogP contribution in [0.1, 0.15) is 12.5 Å². The summed E-state index contributed by atoms with van der Waals surface area (Å²) in [4.78, 5) is 22.8. The molecule has 0 aliphatic rings. The second-order valence-electron chi connectivity index (χ2n) is 4.75. The van der Waals surface area contributed by atoms with Crippen molar-refractivity contribution in [1.29, 1.82) is 0 Å². The van der Waals surface area contributed by atoms with Gasteiger partial charge in [0, 0.05) is 12.2 Å². The van der Waals surface area contributed by atoms with Gasteiger partial charge in [0.25, 0.3) is 0 Å². The number of hydrogen-bond donors (Lipinski definition) is 2. The van der Waals surface area contributed by atoms with E-state index in [0.717, 1.165) is 0 Å². The van der Waals surface area contributed by atoms with Crippen LogP contribution in [0.4, 0.5) is 23.7 Å². The molecule has 0 aliphatic heterocycles. The van der Waals surface area contributed by atoms with Gasteiger partial charge in [-0.3, -0.25) is 4.79 Å². The van der Waals surface area contributed by atoms with Crippen molar-refractivity contribution in [2.75, 3.05) is 19.0 Å². The van der Waals surface area contributed by atoms with Crippen LogP contribution in [0, 0.1) is 5.92 Å². The first-order valence-electron chi connectivity index (χ1n) is 6.49. The summed E-state index contributed by atoms with van der Waals surface area (Å²) in [5.41, 5.74) is 0.290. The van der Waals surface area contributed by atoms with E-state index in [1.54, 1.807) is 6.92 Å². The van der Waals surface area contributed by atoms with E-state index in [4.69, 9.17) is 0 Å². The molecule has 0 bridgehead atoms. The van der Waals surface area contributed by atoms with E-state index in [-0.39, 0.29) is 17.8 Å². The van der Waals surface area contributed by atoms with Crippen LogP contribution in [0.2, 0.25) is 0 Å². The van der Waals surface area contributed by atoms with Crippen LogP contribution in [-0.2, 0) is 16.0 Å². The predicted molar refractivity (Wildman–Crippen MR) is 74.4 cm³/mol. The lowest BCUT2D eigenvalue weighted by atomic mass is 10.1. The van der Waals surface area contributed by atoms with Crippen LogP contribution in [0.25, 0.3) is 0 Å². The molecule has 0 saturated carbocycles. The van der Waals surface area contributed by atoms with Gasteiger partial charge in [0.2, 0.25) is 0 Å². The van der Waals surface area contributed by atoms with Gasteiger partial charge in [0.1, 0.15) is 0 Å². The molecular weight excluding hydrogens is 301 g/mol. The number of esters is 1. The number of hydrogen-bond acceptors (Lipinski definition) is 3. The summed E-state index contributed by atoms with van der Waals surface area (Å²) in [7, 11) is 1.24. The molecule has 122 valence electrons. The Bertz CT molecular complexity index is 532. The van der Waals surface area contributed by atoms with Crippen molar-refractivity contribution in [1.82, 2.24) is 5.32 Å². The number of ether oxygens (including phenoxy) is 1. The summed E-state index contributed by atoms with van der Waals surface area (Å²) in [5, 5.41) is 4.85. The number of urea groups is 1. The van der Waals surface area contributed by atoms with Crippen molar-refractivity contribution in [3.05, 3.63) is 29.8 Å². The van der Waals surface area contributed by atoms with E-state index in [2.05, 4.69) is 15.4 Å². The number of nitrogens with one attached hydrogen (secondary N) is 2. The highest BCUT2D eigenvalue weighted by Gasteiger charge is 2.27. The van der Waals surface area contributed by atoms with E-state index in [1.165, 1.54) is 31.4 Å². The quantitative estimate of drug-likeness (QED) is 0.820. The van der Waals surface area contributed by atoms with Crippen LogP contribution < -0.4 is 10.6 Å². The summed E-state index contributed by atoms with van der Waals surface area (Å²) < 4.78 is 41.4. The summed E-state index contributed by atoms with van der Waals surface area (Å²) in [6.07, 6.45) is -5.37. The van der Waals surface area contributed by atoms with Gasteiger partial charge in [-0.15, -0.1) is 0 Å². The molecule has 0 spiro atoms. The van der Waals surface area contributed by atoms with Crippen LogP contribution >= 0.6 is 0 Å². The maximum Gasteiger partial charge on any atom is 0.393 e. The van der Waals surface area contributed by atoms with Gasteiger partial charge in [-0.25, -0.2) is 4.79 Å². The molecule has 1 aromatic carbocycles. The molecule has 0 aliphatic carbocycles. The third-order valence-electron chi connectivity index (χ3n) is 2.76. The first kappa shape index (κ1) is 17.8. The molecule has 22 heavy (non-hydrogen) atoms. The highest BCUT2D eigenvalue weighted by molar-refractivity contribution is 5.89. The average Bonchev–Trinajstić information content (AvgIpc) is 2.42. The number of rotatable bonds is 5. The lowest BCUT2D eigenvalue weighted by Crippen LogP contribution is -2.35. The second kappa shape index (κ2) is 7.67. The molecule has 8 heteroatoms. The Morgan fingerprint density at radius 3 is 2.59 bits per heavy atom. The largest absolute Gasteiger partial charge is 0.469 e. The molecule has 2 N–H and O–H groups in total. The molecule has 0 heterocycles. The fourth-order valence-corrected chi connectivity index (χ4v) is 1.70. The molecule has 0 saturated heterocycles. The standard InChI is InChI=1S/C14H17F3N2O3/c1-9(12(20)22-2)8-18-13(21)19-11-5-3-4-10(6-11)7-14(15,16)17/h3-6,9H,7-8H2,1-2H3,(H2,18,19,21)/t9-/m0/s1. The number of halogens is 3. The summed E-state index contributed by atoms with van der Waals surface area (Å²) in [5.74, 6) is -0.986. The van der Waals surface area contributed by atoms with Crippen LogP contribution in [0.3, 0.4) is 0 Å². The normalized spacial score (nSPS) is 12.4. The minimum Gasteiger partial charge on any atom is -0.469 e. The van der Waals surface area contributed by atoms with E-state index in [1.807, 2.05) is 0 Å². The fourth-order valence-electron chi connectivity index (χ4n) is 1.70. The molecule has 2 amide bonds. The zero-order chi connectivity index (χ0) is 16.8. The first-order valence-corrected chi connectivity index (χ1v) is 6.49. The van der Waals surface area contributed by atoms with Gasteiger partial charge >= 0.3 is 18.2 Å². The van der Waals surface area contributed by atoms with Crippen molar-refractivity contribution in [3.8, 4) is 0 Å². The molecule has 1 atom stereocenters. The van der Waals surface area contributed by atoms with Crippen LogP contribution in [0.15, 0.2) is 24.3 Å². The SMILES string of the molecule is COC(=O)[C@@H](C)CNC(=O)Nc1cccc(CC(F)(F)F)c1. The minimum absolute atomic E-state index is 0.0493. The smallest absolute Gasteiger partial charge is 0.393 e. The highest BCUT2D eigenvalue weighted by atomic mass is 19.4. The van der Waals surface area contributed by atoms with Crippen molar-refractivity contribution < 1.29 is 27.5 Å². The van der Waals surface area contributed by atoms with Crippen molar-refractivity contribution >= 4 is 17.7 Å². The lowest BCUT2D eigenvalue weighted by molar-refractivity contribution is -0.144. The number of benzene rings is 1. The van der Waals surface area contributed by atoms with Gasteiger partial charge in [0.05, 0.1) is 19.4 Å². The number of carbonyl (C=O) groups excluding carboxylic acids is 2. The summed E-state index contributed by atoms with van der Waals surface area (Å²) in [6, 6.07) is 4.86. The lowest BCUT2D eigenvalue weighted by Gasteiger charge is -2.12. The van der Waals surface area contributed by atoms with Crippen LogP contribution in [0.5, 0.6) is 0 Å². The third-order valence-corrected chi connectivity index (χ3v) is 2.76. The van der Waals surface area contributed by atoms with E-state index >= 15 is 0 Å². The number of anilines is 1. The minimum atomic E-state index is -4.31. The van der Waals surface area contributed by atoms with E-state index in [0.29, 0.717) is 0 Å². The molecule has 1 rings (SSSR count). The summed E-state index contributed by atoms with van der Waals surface area (Å²) in [6.45, 7) is 1.64. The Morgan fingerprint density at radius 1 is 1.32 bits per heavy atom.